The molecule has 0 aliphatic heterocycles. The molecule has 0 saturated heterocycles. The number of halogens is 3. The second-order valence-corrected chi connectivity index (χ2v) is 4.32. The van der Waals surface area contributed by atoms with Gasteiger partial charge in [-0.2, -0.15) is 13.2 Å². The van der Waals surface area contributed by atoms with Crippen LogP contribution in [0, 0.1) is 0 Å². The van der Waals surface area contributed by atoms with Gasteiger partial charge in [-0.1, -0.05) is 31.2 Å². The average Bonchev–Trinajstić information content (AvgIpc) is 2.36. The van der Waals surface area contributed by atoms with Crippen LogP contribution in [0.3, 0.4) is 0 Å². The maximum Gasteiger partial charge on any atom is 0.389 e. The Kier molecular flexibility index (Phi) is 6.87. The van der Waals surface area contributed by atoms with Gasteiger partial charge in [0.25, 0.3) is 0 Å². The van der Waals surface area contributed by atoms with Crippen molar-refractivity contribution in [1.29, 1.82) is 0 Å². The van der Waals surface area contributed by atoms with Crippen molar-refractivity contribution in [1.82, 2.24) is 5.32 Å². The van der Waals surface area contributed by atoms with Crippen molar-refractivity contribution in [3.05, 3.63) is 35.4 Å². The molecular formula is C14H20F3NO. The quantitative estimate of drug-likeness (QED) is 0.731. The summed E-state index contributed by atoms with van der Waals surface area (Å²) >= 11 is 0. The van der Waals surface area contributed by atoms with Crippen molar-refractivity contribution in [2.45, 2.75) is 39.1 Å². The summed E-state index contributed by atoms with van der Waals surface area (Å²) in [5, 5.41) is 3.22. The van der Waals surface area contributed by atoms with E-state index in [4.69, 9.17) is 4.74 Å². The third kappa shape index (κ3) is 7.18. The van der Waals surface area contributed by atoms with Crippen molar-refractivity contribution in [2.24, 2.45) is 0 Å². The summed E-state index contributed by atoms with van der Waals surface area (Å²) in [7, 11) is 0. The number of rotatable bonds is 8. The predicted molar refractivity (Wildman–Crippen MR) is 68.8 cm³/mol. The Bertz CT molecular complexity index is 366. The Morgan fingerprint density at radius 2 is 1.84 bits per heavy atom. The maximum atomic E-state index is 11.9. The summed E-state index contributed by atoms with van der Waals surface area (Å²) in [6, 6.07) is 7.79. The zero-order valence-corrected chi connectivity index (χ0v) is 11.1. The van der Waals surface area contributed by atoms with Gasteiger partial charge in [0.15, 0.2) is 0 Å². The summed E-state index contributed by atoms with van der Waals surface area (Å²) in [4.78, 5) is 0. The molecule has 19 heavy (non-hydrogen) atoms. The summed E-state index contributed by atoms with van der Waals surface area (Å²) in [6.45, 7) is 4.14. The van der Waals surface area contributed by atoms with Gasteiger partial charge in [-0.05, 0) is 24.1 Å². The van der Waals surface area contributed by atoms with Gasteiger partial charge in [0.05, 0.1) is 6.61 Å². The normalized spacial score (nSPS) is 11.8. The molecular weight excluding hydrogens is 255 g/mol. The molecule has 0 aliphatic carbocycles. The summed E-state index contributed by atoms with van der Waals surface area (Å²) in [5.74, 6) is 0. The smallest absolute Gasteiger partial charge is 0.377 e. The van der Waals surface area contributed by atoms with Gasteiger partial charge in [0.2, 0.25) is 0 Å². The van der Waals surface area contributed by atoms with Crippen molar-refractivity contribution in [3.63, 3.8) is 0 Å². The molecule has 2 nitrogen and oxygen atoms in total. The van der Waals surface area contributed by atoms with Crippen molar-refractivity contribution < 1.29 is 17.9 Å². The molecule has 0 heterocycles. The molecule has 0 aromatic heterocycles. The summed E-state index contributed by atoms with van der Waals surface area (Å²) in [5.41, 5.74) is 2.15. The largest absolute Gasteiger partial charge is 0.389 e. The van der Waals surface area contributed by atoms with Gasteiger partial charge in [-0.3, -0.25) is 0 Å². The Morgan fingerprint density at radius 1 is 1.16 bits per heavy atom. The van der Waals surface area contributed by atoms with Gasteiger partial charge in [-0.25, -0.2) is 0 Å². The summed E-state index contributed by atoms with van der Waals surface area (Å²) < 4.78 is 41.1. The lowest BCUT2D eigenvalue weighted by atomic mass is 10.1. The van der Waals surface area contributed by atoms with Gasteiger partial charge >= 0.3 is 6.18 Å². The highest BCUT2D eigenvalue weighted by atomic mass is 19.4. The van der Waals surface area contributed by atoms with Crippen LogP contribution in [0.5, 0.6) is 0 Å². The van der Waals surface area contributed by atoms with Gasteiger partial charge < -0.3 is 10.1 Å². The van der Waals surface area contributed by atoms with Crippen LogP contribution in [-0.4, -0.2) is 19.3 Å². The average molecular weight is 275 g/mol. The van der Waals surface area contributed by atoms with E-state index in [0.717, 1.165) is 24.2 Å². The van der Waals surface area contributed by atoms with Crippen LogP contribution in [0.2, 0.25) is 0 Å². The molecule has 0 unspecified atom stereocenters. The van der Waals surface area contributed by atoms with Crippen LogP contribution in [-0.2, 0) is 17.9 Å². The van der Waals surface area contributed by atoms with E-state index in [2.05, 4.69) is 5.32 Å². The van der Waals surface area contributed by atoms with E-state index >= 15 is 0 Å². The van der Waals surface area contributed by atoms with E-state index in [1.54, 1.807) is 0 Å². The van der Waals surface area contributed by atoms with Gasteiger partial charge in [0, 0.05) is 19.6 Å². The predicted octanol–water partition coefficient (Wildman–Crippen LogP) is 3.66. The van der Waals surface area contributed by atoms with Crippen LogP contribution >= 0.6 is 0 Å². The van der Waals surface area contributed by atoms with E-state index < -0.39 is 12.6 Å². The lowest BCUT2D eigenvalue weighted by Crippen LogP contribution is -2.14. The first kappa shape index (κ1) is 16.0. The number of hydrogen-bond donors (Lipinski definition) is 1. The summed E-state index contributed by atoms with van der Waals surface area (Å²) in [6.07, 6.45) is -4.86. The zero-order valence-electron chi connectivity index (χ0n) is 11.1. The maximum absolute atomic E-state index is 11.9. The van der Waals surface area contributed by atoms with Crippen LogP contribution in [0.4, 0.5) is 13.2 Å². The Morgan fingerprint density at radius 3 is 2.47 bits per heavy atom. The highest BCUT2D eigenvalue weighted by molar-refractivity contribution is 5.26. The van der Waals surface area contributed by atoms with Crippen molar-refractivity contribution >= 4 is 0 Å². The first-order chi connectivity index (χ1) is 9.03. The molecule has 0 radical (unpaired) electrons. The van der Waals surface area contributed by atoms with Crippen LogP contribution in [0.1, 0.15) is 30.9 Å². The molecule has 0 amide bonds. The number of benzene rings is 1. The third-order valence-corrected chi connectivity index (χ3v) is 2.69. The molecule has 0 spiro atoms. The molecule has 5 heteroatoms. The third-order valence-electron chi connectivity index (χ3n) is 2.69. The minimum atomic E-state index is -4.09. The standard InChI is InChI=1S/C14H20F3NO/c1-2-18-10-12-6-3-4-7-13(12)11-19-9-5-8-14(15,16)17/h3-4,6-7,18H,2,5,8-11H2,1H3. The highest BCUT2D eigenvalue weighted by Crippen LogP contribution is 2.21. The molecule has 1 N–H and O–H groups in total. The van der Waals surface area contributed by atoms with E-state index in [1.807, 2.05) is 31.2 Å². The first-order valence-corrected chi connectivity index (χ1v) is 6.45. The Hall–Kier alpha value is -1.07. The van der Waals surface area contributed by atoms with Crippen LogP contribution in [0.25, 0.3) is 0 Å². The monoisotopic (exact) mass is 275 g/mol. The molecule has 1 aromatic carbocycles. The first-order valence-electron chi connectivity index (χ1n) is 6.45. The second kappa shape index (κ2) is 8.17. The Balaban J connectivity index is 2.32. The zero-order chi connectivity index (χ0) is 14.1. The minimum absolute atomic E-state index is 0.0128. The fraction of sp³-hybridized carbons (Fsp3) is 0.571. The molecule has 1 aromatic rings. The highest BCUT2D eigenvalue weighted by Gasteiger charge is 2.25. The fourth-order valence-corrected chi connectivity index (χ4v) is 1.69. The lowest BCUT2D eigenvalue weighted by molar-refractivity contribution is -0.138. The topological polar surface area (TPSA) is 21.3 Å². The van der Waals surface area contributed by atoms with E-state index in [0.29, 0.717) is 6.61 Å². The Labute approximate surface area is 112 Å². The molecule has 0 fully saturated rings. The van der Waals surface area contributed by atoms with E-state index in [-0.39, 0.29) is 13.0 Å². The second-order valence-electron chi connectivity index (χ2n) is 4.32. The van der Waals surface area contributed by atoms with Crippen molar-refractivity contribution in [2.75, 3.05) is 13.2 Å². The molecule has 0 aliphatic rings. The SMILES string of the molecule is CCNCc1ccccc1COCCCC(F)(F)F. The molecule has 1 rings (SSSR count). The van der Waals surface area contributed by atoms with Crippen LogP contribution < -0.4 is 5.32 Å². The molecule has 0 bridgehead atoms. The number of hydrogen-bond acceptors (Lipinski definition) is 2. The van der Waals surface area contributed by atoms with Gasteiger partial charge in [-0.15, -0.1) is 0 Å². The molecule has 0 saturated carbocycles. The van der Waals surface area contributed by atoms with Crippen molar-refractivity contribution in [3.8, 4) is 0 Å². The number of ether oxygens (including phenoxy) is 1. The fourth-order valence-electron chi connectivity index (χ4n) is 1.69. The van der Waals surface area contributed by atoms with Crippen LogP contribution in [0.15, 0.2) is 24.3 Å². The molecule has 0 atom stereocenters. The van der Waals surface area contributed by atoms with E-state index in [9.17, 15) is 13.2 Å². The number of alkyl halides is 3. The number of nitrogens with one attached hydrogen (secondary N) is 1. The molecule has 108 valence electrons. The lowest BCUT2D eigenvalue weighted by Gasteiger charge is -2.11. The minimum Gasteiger partial charge on any atom is -0.377 e. The van der Waals surface area contributed by atoms with E-state index in [1.165, 1.54) is 0 Å². The van der Waals surface area contributed by atoms with Gasteiger partial charge in [0.1, 0.15) is 0 Å².